The van der Waals surface area contributed by atoms with E-state index in [1.54, 1.807) is 18.2 Å². The molecule has 1 aromatic heterocycles. The van der Waals surface area contributed by atoms with Crippen molar-refractivity contribution < 1.29 is 14.8 Å². The quantitative estimate of drug-likeness (QED) is 0.431. The molecule has 0 spiro atoms. The van der Waals surface area contributed by atoms with Crippen molar-refractivity contribution in [1.82, 2.24) is 15.4 Å². The van der Waals surface area contributed by atoms with Gasteiger partial charge < -0.3 is 15.2 Å². The Hall–Kier alpha value is -3.23. The monoisotopic (exact) mass is 275 g/mol. The lowest BCUT2D eigenvalue weighted by atomic mass is 10.2. The maximum atomic E-state index is 11.6. The Morgan fingerprint density at radius 2 is 2.25 bits per heavy atom. The number of hydrogen-bond donors (Lipinski definition) is 3. The molecule has 1 heterocycles. The smallest absolute Gasteiger partial charge is 0.353 e. The number of aromatic amines is 1. The van der Waals surface area contributed by atoms with Crippen LogP contribution in [0.4, 0.5) is 5.82 Å². The molecule has 9 nitrogen and oxygen atoms in total. The summed E-state index contributed by atoms with van der Waals surface area (Å²) in [4.78, 5) is 27.3. The predicted octanol–water partition coefficient (Wildman–Crippen LogP) is 0.787. The number of hydrogen-bond acceptors (Lipinski definition) is 6. The Morgan fingerprint density at radius 3 is 2.95 bits per heavy atom. The van der Waals surface area contributed by atoms with E-state index >= 15 is 0 Å². The Kier molecular flexibility index (Phi) is 3.70. The van der Waals surface area contributed by atoms with Gasteiger partial charge in [0, 0.05) is 5.56 Å². The number of phenols is 1. The molecule has 1 amide bonds. The fraction of sp³-hybridized carbons (Fsp3) is 0. The standard InChI is InChI=1S/C11H9N5O4/c17-8-4-2-1-3-7(8)5-14-15-11(18)9-10(16(19)20)13-6-12-9/h1-6,17H,(H,12,13)(H,15,18)/b14-5+. The number of carbonyl (C=O) groups excluding carboxylic acids is 1. The highest BCUT2D eigenvalue weighted by Gasteiger charge is 2.21. The van der Waals surface area contributed by atoms with Crippen LogP contribution in [0, 0.1) is 10.1 Å². The van der Waals surface area contributed by atoms with Gasteiger partial charge in [0.1, 0.15) is 5.75 Å². The molecule has 0 unspecified atom stereocenters. The number of benzene rings is 1. The number of imidazole rings is 1. The zero-order chi connectivity index (χ0) is 14.5. The van der Waals surface area contributed by atoms with Crippen molar-refractivity contribution in [3.63, 3.8) is 0 Å². The summed E-state index contributed by atoms with van der Waals surface area (Å²) in [6, 6.07) is 6.36. The van der Waals surface area contributed by atoms with Crippen LogP contribution in [0.5, 0.6) is 5.75 Å². The first kappa shape index (κ1) is 13.2. The summed E-state index contributed by atoms with van der Waals surface area (Å²) in [5, 5.41) is 23.7. The molecule has 0 radical (unpaired) electrons. The highest BCUT2D eigenvalue weighted by molar-refractivity contribution is 5.96. The van der Waals surface area contributed by atoms with Gasteiger partial charge in [0.15, 0.2) is 6.33 Å². The van der Waals surface area contributed by atoms with Gasteiger partial charge >= 0.3 is 5.82 Å². The van der Waals surface area contributed by atoms with Crippen LogP contribution in [0.2, 0.25) is 0 Å². The molecule has 2 rings (SSSR count). The lowest BCUT2D eigenvalue weighted by Gasteiger charge is -1.98. The molecule has 0 atom stereocenters. The van der Waals surface area contributed by atoms with Crippen molar-refractivity contribution in [2.45, 2.75) is 0 Å². The lowest BCUT2D eigenvalue weighted by molar-refractivity contribution is -0.389. The summed E-state index contributed by atoms with van der Waals surface area (Å²) in [7, 11) is 0. The summed E-state index contributed by atoms with van der Waals surface area (Å²) >= 11 is 0. The Balaban J connectivity index is 2.08. The van der Waals surface area contributed by atoms with Gasteiger partial charge in [-0.1, -0.05) is 12.1 Å². The van der Waals surface area contributed by atoms with Crippen LogP contribution in [0.15, 0.2) is 35.7 Å². The van der Waals surface area contributed by atoms with E-state index in [9.17, 15) is 20.0 Å². The average molecular weight is 275 g/mol. The molecule has 0 saturated carbocycles. The molecule has 0 bridgehead atoms. The maximum Gasteiger partial charge on any atom is 0.353 e. The van der Waals surface area contributed by atoms with E-state index in [1.807, 2.05) is 0 Å². The maximum absolute atomic E-state index is 11.6. The number of rotatable bonds is 4. The summed E-state index contributed by atoms with van der Waals surface area (Å²) < 4.78 is 0. The fourth-order valence-electron chi connectivity index (χ4n) is 1.40. The second kappa shape index (κ2) is 5.61. The second-order valence-corrected chi connectivity index (χ2v) is 3.61. The summed E-state index contributed by atoms with van der Waals surface area (Å²) in [5.41, 5.74) is 2.11. The predicted molar refractivity (Wildman–Crippen MR) is 68.4 cm³/mol. The van der Waals surface area contributed by atoms with Gasteiger partial charge in [-0.05, 0) is 17.1 Å². The van der Waals surface area contributed by atoms with Crippen molar-refractivity contribution in [3.05, 3.63) is 52.0 Å². The van der Waals surface area contributed by atoms with Gasteiger partial charge in [-0.25, -0.2) is 15.4 Å². The molecule has 0 aliphatic heterocycles. The van der Waals surface area contributed by atoms with E-state index in [0.717, 1.165) is 6.33 Å². The molecular formula is C11H9N5O4. The van der Waals surface area contributed by atoms with E-state index in [2.05, 4.69) is 20.5 Å². The Labute approximate surface area is 112 Å². The molecule has 9 heteroatoms. The fourth-order valence-corrected chi connectivity index (χ4v) is 1.40. The van der Waals surface area contributed by atoms with Crippen LogP contribution in [0.1, 0.15) is 16.1 Å². The number of nitrogens with one attached hydrogen (secondary N) is 2. The van der Waals surface area contributed by atoms with Crippen molar-refractivity contribution in [3.8, 4) is 5.75 Å². The van der Waals surface area contributed by atoms with Crippen molar-refractivity contribution in [2.24, 2.45) is 5.10 Å². The van der Waals surface area contributed by atoms with Crippen LogP contribution in [-0.2, 0) is 0 Å². The minimum absolute atomic E-state index is 0.00347. The number of carbonyl (C=O) groups is 1. The zero-order valence-corrected chi connectivity index (χ0v) is 9.98. The molecule has 20 heavy (non-hydrogen) atoms. The van der Waals surface area contributed by atoms with E-state index in [1.165, 1.54) is 12.3 Å². The molecule has 3 N–H and O–H groups in total. The number of nitro groups is 1. The first-order valence-corrected chi connectivity index (χ1v) is 5.38. The third kappa shape index (κ3) is 2.77. The number of hydrazone groups is 1. The third-order valence-electron chi connectivity index (χ3n) is 2.32. The van der Waals surface area contributed by atoms with Gasteiger partial charge in [-0.15, -0.1) is 0 Å². The normalized spacial score (nSPS) is 10.6. The molecule has 0 fully saturated rings. The molecule has 0 saturated heterocycles. The summed E-state index contributed by atoms with van der Waals surface area (Å²) in [5.74, 6) is -1.35. The van der Waals surface area contributed by atoms with Gasteiger partial charge in [-0.2, -0.15) is 5.10 Å². The minimum atomic E-state index is -0.829. The SMILES string of the molecule is O=C(N/N=C/c1ccccc1O)c1nc[nH]c1[N+](=O)[O-]. The van der Waals surface area contributed by atoms with Crippen LogP contribution >= 0.6 is 0 Å². The first-order valence-electron chi connectivity index (χ1n) is 5.38. The zero-order valence-electron chi connectivity index (χ0n) is 9.98. The van der Waals surface area contributed by atoms with Crippen LogP contribution < -0.4 is 5.43 Å². The van der Waals surface area contributed by atoms with Crippen molar-refractivity contribution in [2.75, 3.05) is 0 Å². The second-order valence-electron chi connectivity index (χ2n) is 3.61. The van der Waals surface area contributed by atoms with E-state index in [4.69, 9.17) is 0 Å². The number of amides is 1. The molecule has 102 valence electrons. The summed E-state index contributed by atoms with van der Waals surface area (Å²) in [6.45, 7) is 0. The Bertz CT molecular complexity index is 679. The molecule has 2 aromatic rings. The molecule has 1 aromatic carbocycles. The van der Waals surface area contributed by atoms with Crippen LogP contribution in [0.25, 0.3) is 0 Å². The molecule has 0 aliphatic carbocycles. The van der Waals surface area contributed by atoms with Crippen molar-refractivity contribution in [1.29, 1.82) is 0 Å². The number of nitrogens with zero attached hydrogens (tertiary/aromatic N) is 3. The topological polar surface area (TPSA) is 134 Å². The number of H-pyrrole nitrogens is 1. The third-order valence-corrected chi connectivity index (χ3v) is 2.32. The van der Waals surface area contributed by atoms with Gasteiger partial charge in [0.25, 0.3) is 5.91 Å². The number of phenolic OH excluding ortho intramolecular Hbond substituents is 1. The van der Waals surface area contributed by atoms with E-state index in [0.29, 0.717) is 5.56 Å². The first-order chi connectivity index (χ1) is 9.59. The Morgan fingerprint density at radius 1 is 1.50 bits per heavy atom. The largest absolute Gasteiger partial charge is 0.507 e. The van der Waals surface area contributed by atoms with E-state index in [-0.39, 0.29) is 11.4 Å². The lowest BCUT2D eigenvalue weighted by Crippen LogP contribution is -2.19. The number of aromatic nitrogens is 2. The van der Waals surface area contributed by atoms with Gasteiger partial charge in [0.05, 0.1) is 6.21 Å². The molecular weight excluding hydrogens is 266 g/mol. The van der Waals surface area contributed by atoms with Crippen molar-refractivity contribution >= 4 is 17.9 Å². The van der Waals surface area contributed by atoms with Gasteiger partial charge in [0.2, 0.25) is 5.69 Å². The number of para-hydroxylation sites is 1. The number of aromatic hydroxyl groups is 1. The minimum Gasteiger partial charge on any atom is -0.507 e. The van der Waals surface area contributed by atoms with Crippen LogP contribution in [-0.4, -0.2) is 32.1 Å². The average Bonchev–Trinajstić information content (AvgIpc) is 2.90. The summed E-state index contributed by atoms with van der Waals surface area (Å²) in [6.07, 6.45) is 2.26. The highest BCUT2D eigenvalue weighted by Crippen LogP contribution is 2.13. The van der Waals surface area contributed by atoms with E-state index < -0.39 is 16.6 Å². The van der Waals surface area contributed by atoms with Crippen LogP contribution in [0.3, 0.4) is 0 Å². The van der Waals surface area contributed by atoms with Gasteiger partial charge in [-0.3, -0.25) is 4.79 Å². The molecule has 0 aliphatic rings. The highest BCUT2D eigenvalue weighted by atomic mass is 16.6.